The average Bonchev–Trinajstić information content (AvgIpc) is 3.58. The van der Waals surface area contributed by atoms with Gasteiger partial charge in [0.15, 0.2) is 0 Å². The molecule has 2 heterocycles. The summed E-state index contributed by atoms with van der Waals surface area (Å²) in [6.07, 6.45) is 0. The molecule has 10 rings (SSSR count). The quantitative estimate of drug-likeness (QED) is 0.198. The Bertz CT molecular complexity index is 2750. The molecule has 3 heteroatoms. The van der Waals surface area contributed by atoms with E-state index in [9.17, 15) is 0 Å². The molecule has 1 aliphatic carbocycles. The van der Waals surface area contributed by atoms with E-state index < -0.39 is 0 Å². The van der Waals surface area contributed by atoms with Crippen LogP contribution in [-0.4, -0.2) is 14.5 Å². The Morgan fingerprint density at radius 3 is 2.04 bits per heavy atom. The molecule has 0 saturated carbocycles. The topological polar surface area (TPSA) is 30.7 Å². The lowest BCUT2D eigenvalue weighted by Crippen LogP contribution is -2.14. The molecule has 0 unspecified atom stereocenters. The maximum absolute atomic E-state index is 5.39. The lowest BCUT2D eigenvalue weighted by atomic mass is 9.81. The molecule has 0 atom stereocenters. The van der Waals surface area contributed by atoms with Crippen molar-refractivity contribution in [3.8, 4) is 39.5 Å². The smallest absolute Gasteiger partial charge is 0.235 e. The van der Waals surface area contributed by atoms with E-state index in [1.165, 1.54) is 54.9 Å². The number of hydrogen-bond acceptors (Lipinski definition) is 2. The van der Waals surface area contributed by atoms with Gasteiger partial charge in [-0.15, -0.1) is 0 Å². The first-order chi connectivity index (χ1) is 23.6. The van der Waals surface area contributed by atoms with E-state index in [4.69, 9.17) is 9.97 Å². The van der Waals surface area contributed by atoms with Crippen molar-refractivity contribution < 1.29 is 0 Å². The predicted octanol–water partition coefficient (Wildman–Crippen LogP) is 11.5. The van der Waals surface area contributed by atoms with Crippen LogP contribution in [-0.2, 0) is 5.41 Å². The van der Waals surface area contributed by atoms with Gasteiger partial charge in [0.25, 0.3) is 0 Å². The summed E-state index contributed by atoms with van der Waals surface area (Å²) in [5.41, 5.74) is 12.8. The van der Waals surface area contributed by atoms with E-state index >= 15 is 0 Å². The van der Waals surface area contributed by atoms with Gasteiger partial charge in [-0.2, -0.15) is 0 Å². The Balaban J connectivity index is 1.32. The molecule has 48 heavy (non-hydrogen) atoms. The summed E-state index contributed by atoms with van der Waals surface area (Å²) in [5.74, 6) is 0.671. The third-order valence-corrected chi connectivity index (χ3v) is 10.4. The van der Waals surface area contributed by atoms with Gasteiger partial charge in [-0.05, 0) is 62.9 Å². The van der Waals surface area contributed by atoms with Crippen LogP contribution in [0.1, 0.15) is 25.0 Å². The van der Waals surface area contributed by atoms with Crippen LogP contribution in [0.15, 0.2) is 152 Å². The summed E-state index contributed by atoms with van der Waals surface area (Å²) >= 11 is 0. The zero-order valence-corrected chi connectivity index (χ0v) is 26.8. The molecular formula is C45H31N3. The summed E-state index contributed by atoms with van der Waals surface area (Å²) in [6, 6.07) is 54.6. The van der Waals surface area contributed by atoms with E-state index in [0.29, 0.717) is 5.95 Å². The Morgan fingerprint density at radius 2 is 1.17 bits per heavy atom. The highest BCUT2D eigenvalue weighted by atomic mass is 15.2. The monoisotopic (exact) mass is 613 g/mol. The van der Waals surface area contributed by atoms with Crippen molar-refractivity contribution in [3.05, 3.63) is 163 Å². The summed E-state index contributed by atoms with van der Waals surface area (Å²) in [5, 5.41) is 5.83. The molecule has 226 valence electrons. The normalized spacial score (nSPS) is 13.4. The molecule has 7 aromatic carbocycles. The van der Waals surface area contributed by atoms with Gasteiger partial charge < -0.3 is 0 Å². The highest BCUT2D eigenvalue weighted by molar-refractivity contribution is 6.17. The summed E-state index contributed by atoms with van der Waals surface area (Å²) in [7, 11) is 0. The summed E-state index contributed by atoms with van der Waals surface area (Å²) in [4.78, 5) is 10.7. The van der Waals surface area contributed by atoms with Gasteiger partial charge in [0, 0.05) is 32.7 Å². The second kappa shape index (κ2) is 9.97. The number of rotatable bonds is 3. The maximum atomic E-state index is 5.39. The number of para-hydroxylation sites is 2. The van der Waals surface area contributed by atoms with Crippen LogP contribution in [0.4, 0.5) is 0 Å². The molecule has 3 nitrogen and oxygen atoms in total. The largest absolute Gasteiger partial charge is 0.277 e. The molecule has 0 N–H and O–H groups in total. The van der Waals surface area contributed by atoms with Crippen molar-refractivity contribution in [2.24, 2.45) is 0 Å². The molecule has 1 aliphatic rings. The van der Waals surface area contributed by atoms with Gasteiger partial charge in [-0.3, -0.25) is 4.57 Å². The molecule has 2 aromatic heterocycles. The standard InChI is InChI=1S/C45H31N3/c1-45(2)38-21-10-8-17-33(38)34-24-23-31(26-39(34)45)32-19-12-20-35-37-25-29-15-6-7-16-30(29)27-41(37)48(43(32)35)44-46-40-22-11-9-18-36(40)42(47-44)28-13-4-3-5-14-28/h3-27H,1-2H3. The summed E-state index contributed by atoms with van der Waals surface area (Å²) in [6.45, 7) is 4.69. The first kappa shape index (κ1) is 27.1. The van der Waals surface area contributed by atoms with Gasteiger partial charge in [-0.1, -0.05) is 141 Å². The van der Waals surface area contributed by atoms with Crippen molar-refractivity contribution in [3.63, 3.8) is 0 Å². The first-order valence-corrected chi connectivity index (χ1v) is 16.6. The highest BCUT2D eigenvalue weighted by Crippen LogP contribution is 2.50. The van der Waals surface area contributed by atoms with Crippen molar-refractivity contribution in [1.82, 2.24) is 14.5 Å². The maximum Gasteiger partial charge on any atom is 0.235 e. The lowest BCUT2D eigenvalue weighted by Gasteiger charge is -2.22. The van der Waals surface area contributed by atoms with Crippen LogP contribution in [0.5, 0.6) is 0 Å². The van der Waals surface area contributed by atoms with Crippen LogP contribution >= 0.6 is 0 Å². The molecule has 0 bridgehead atoms. The Hall–Kier alpha value is -6.06. The zero-order chi connectivity index (χ0) is 32.0. The van der Waals surface area contributed by atoms with Crippen molar-refractivity contribution in [2.45, 2.75) is 19.3 Å². The summed E-state index contributed by atoms with van der Waals surface area (Å²) < 4.78 is 2.30. The van der Waals surface area contributed by atoms with Crippen LogP contribution in [0, 0.1) is 0 Å². The van der Waals surface area contributed by atoms with Crippen LogP contribution in [0.3, 0.4) is 0 Å². The SMILES string of the molecule is CC1(C)c2ccccc2-c2ccc(-c3cccc4c5cc6ccccc6cc5n(-c5nc(-c6ccccc6)c6ccccc6n5)c34)cc21. The predicted molar refractivity (Wildman–Crippen MR) is 200 cm³/mol. The molecule has 9 aromatic rings. The molecule has 0 aliphatic heterocycles. The van der Waals surface area contributed by atoms with Crippen LogP contribution in [0.25, 0.3) is 82.9 Å². The number of benzene rings is 7. The van der Waals surface area contributed by atoms with Gasteiger partial charge in [0.2, 0.25) is 5.95 Å². The molecule has 0 saturated heterocycles. The van der Waals surface area contributed by atoms with E-state index in [0.717, 1.165) is 33.2 Å². The highest BCUT2D eigenvalue weighted by Gasteiger charge is 2.35. The van der Waals surface area contributed by atoms with E-state index in [2.05, 4.69) is 170 Å². The number of hydrogen-bond donors (Lipinski definition) is 0. The van der Waals surface area contributed by atoms with Gasteiger partial charge in [0.1, 0.15) is 0 Å². The minimum absolute atomic E-state index is 0.0910. The second-order valence-corrected chi connectivity index (χ2v) is 13.4. The van der Waals surface area contributed by atoms with Gasteiger partial charge >= 0.3 is 0 Å². The molecule has 0 spiro atoms. The lowest BCUT2D eigenvalue weighted by molar-refractivity contribution is 0.660. The molecular weight excluding hydrogens is 583 g/mol. The van der Waals surface area contributed by atoms with Crippen molar-refractivity contribution >= 4 is 43.5 Å². The molecule has 0 radical (unpaired) electrons. The fraction of sp³-hybridized carbons (Fsp3) is 0.0667. The first-order valence-electron chi connectivity index (χ1n) is 16.6. The minimum atomic E-state index is -0.0910. The molecule has 0 amide bonds. The van der Waals surface area contributed by atoms with Gasteiger partial charge in [-0.25, -0.2) is 9.97 Å². The van der Waals surface area contributed by atoms with Crippen LogP contribution < -0.4 is 0 Å². The minimum Gasteiger partial charge on any atom is -0.277 e. The Kier molecular flexibility index (Phi) is 5.63. The third kappa shape index (κ3) is 3.82. The Morgan fingerprint density at radius 1 is 0.479 bits per heavy atom. The van der Waals surface area contributed by atoms with Crippen LogP contribution in [0.2, 0.25) is 0 Å². The number of fused-ring (bicyclic) bond motifs is 8. The van der Waals surface area contributed by atoms with Crippen molar-refractivity contribution in [1.29, 1.82) is 0 Å². The Labute approximate surface area is 278 Å². The number of nitrogens with zero attached hydrogens (tertiary/aromatic N) is 3. The second-order valence-electron chi connectivity index (χ2n) is 13.4. The van der Waals surface area contributed by atoms with Gasteiger partial charge in [0.05, 0.1) is 22.2 Å². The fourth-order valence-electron chi connectivity index (χ4n) is 8.04. The fourth-order valence-corrected chi connectivity index (χ4v) is 8.04. The van der Waals surface area contributed by atoms with E-state index in [1.54, 1.807) is 0 Å². The van der Waals surface area contributed by atoms with Crippen molar-refractivity contribution in [2.75, 3.05) is 0 Å². The zero-order valence-electron chi connectivity index (χ0n) is 26.8. The van der Waals surface area contributed by atoms with E-state index in [-0.39, 0.29) is 5.41 Å². The average molecular weight is 614 g/mol. The third-order valence-electron chi connectivity index (χ3n) is 10.4. The number of aromatic nitrogens is 3. The molecule has 0 fully saturated rings. The van der Waals surface area contributed by atoms with E-state index in [1.807, 2.05) is 0 Å².